The van der Waals surface area contributed by atoms with Gasteiger partial charge in [0, 0.05) is 12.2 Å². The average molecular weight is 355 g/mol. The van der Waals surface area contributed by atoms with Crippen molar-refractivity contribution in [1.82, 2.24) is 5.32 Å². The van der Waals surface area contributed by atoms with Crippen LogP contribution in [0.2, 0.25) is 10.0 Å². The lowest BCUT2D eigenvalue weighted by atomic mass is 10.2. The zero-order valence-corrected chi connectivity index (χ0v) is 14.4. The molecule has 2 rings (SSSR count). The molecule has 2 aromatic carbocycles. The van der Waals surface area contributed by atoms with E-state index in [0.717, 1.165) is 17.0 Å². The number of ether oxygens (including phenoxy) is 1. The Labute approximate surface area is 145 Å². The fourth-order valence-electron chi connectivity index (χ4n) is 1.81. The Kier molecular flexibility index (Phi) is 6.31. The van der Waals surface area contributed by atoms with Crippen LogP contribution < -0.4 is 15.4 Å². The number of hydrogen-bond acceptors (Lipinski definition) is 2. The van der Waals surface area contributed by atoms with Crippen molar-refractivity contribution in [3.63, 3.8) is 0 Å². The summed E-state index contributed by atoms with van der Waals surface area (Å²) < 4.78 is 5.39. The highest BCUT2D eigenvalue weighted by Crippen LogP contribution is 2.22. The lowest BCUT2D eigenvalue weighted by Gasteiger charge is -2.11. The first-order chi connectivity index (χ1) is 10.6. The maximum atomic E-state index is 5.98. The second-order valence-electron chi connectivity index (χ2n) is 4.51. The lowest BCUT2D eigenvalue weighted by Crippen LogP contribution is -2.27. The molecule has 0 atom stereocenters. The van der Waals surface area contributed by atoms with Gasteiger partial charge in [-0.1, -0.05) is 29.3 Å². The van der Waals surface area contributed by atoms with E-state index in [0.29, 0.717) is 28.3 Å². The molecule has 0 saturated heterocycles. The van der Waals surface area contributed by atoms with Crippen LogP contribution in [-0.2, 0) is 6.54 Å². The number of anilines is 1. The summed E-state index contributed by atoms with van der Waals surface area (Å²) in [5, 5.41) is 7.85. The van der Waals surface area contributed by atoms with E-state index in [-0.39, 0.29) is 0 Å². The quantitative estimate of drug-likeness (QED) is 0.749. The lowest BCUT2D eigenvalue weighted by molar-refractivity contribution is 0.340. The van der Waals surface area contributed by atoms with E-state index in [1.807, 2.05) is 43.3 Å². The summed E-state index contributed by atoms with van der Waals surface area (Å²) in [4.78, 5) is 0. The summed E-state index contributed by atoms with van der Waals surface area (Å²) in [6.45, 7) is 3.17. The van der Waals surface area contributed by atoms with Crippen molar-refractivity contribution in [1.29, 1.82) is 0 Å². The van der Waals surface area contributed by atoms with Gasteiger partial charge in [-0.15, -0.1) is 0 Å². The van der Waals surface area contributed by atoms with Crippen LogP contribution >= 0.6 is 35.4 Å². The van der Waals surface area contributed by atoms with Gasteiger partial charge in [-0.25, -0.2) is 0 Å². The van der Waals surface area contributed by atoms with Crippen molar-refractivity contribution in [2.75, 3.05) is 11.9 Å². The van der Waals surface area contributed by atoms with Gasteiger partial charge in [-0.05, 0) is 61.1 Å². The molecule has 0 fully saturated rings. The summed E-state index contributed by atoms with van der Waals surface area (Å²) in [5.41, 5.74) is 1.90. The third-order valence-electron chi connectivity index (χ3n) is 2.86. The Morgan fingerprint density at radius 2 is 1.82 bits per heavy atom. The standard InChI is InChI=1S/C16H16Cl2N2OS/c1-2-21-13-6-4-12(5-7-13)20-16(22)19-10-11-3-8-14(17)15(18)9-11/h3-9H,2,10H2,1H3,(H2,19,20,22). The van der Waals surface area contributed by atoms with Crippen molar-refractivity contribution in [3.05, 3.63) is 58.1 Å². The molecule has 0 amide bonds. The van der Waals surface area contributed by atoms with Gasteiger partial charge in [0.05, 0.1) is 16.7 Å². The topological polar surface area (TPSA) is 33.3 Å². The van der Waals surface area contributed by atoms with Crippen LogP contribution in [0.15, 0.2) is 42.5 Å². The van der Waals surface area contributed by atoms with Gasteiger partial charge in [-0.2, -0.15) is 0 Å². The van der Waals surface area contributed by atoms with Gasteiger partial charge in [0.1, 0.15) is 5.75 Å². The number of rotatable bonds is 5. The molecule has 0 aliphatic rings. The Morgan fingerprint density at radius 3 is 2.45 bits per heavy atom. The molecule has 0 saturated carbocycles. The SMILES string of the molecule is CCOc1ccc(NC(=S)NCc2ccc(Cl)c(Cl)c2)cc1. The Bertz CT molecular complexity index is 647. The van der Waals surface area contributed by atoms with Gasteiger partial charge in [-0.3, -0.25) is 0 Å². The highest BCUT2D eigenvalue weighted by molar-refractivity contribution is 7.80. The summed E-state index contributed by atoms with van der Waals surface area (Å²) in [5.74, 6) is 0.836. The molecule has 6 heteroatoms. The van der Waals surface area contributed by atoms with Crippen LogP contribution in [-0.4, -0.2) is 11.7 Å². The largest absolute Gasteiger partial charge is 0.494 e. The third-order valence-corrected chi connectivity index (χ3v) is 3.85. The molecule has 22 heavy (non-hydrogen) atoms. The second-order valence-corrected chi connectivity index (χ2v) is 5.74. The van der Waals surface area contributed by atoms with Crippen molar-refractivity contribution in [2.24, 2.45) is 0 Å². The van der Waals surface area contributed by atoms with E-state index < -0.39 is 0 Å². The monoisotopic (exact) mass is 354 g/mol. The predicted octanol–water partition coefficient (Wildman–Crippen LogP) is 4.88. The Hall–Kier alpha value is -1.49. The summed E-state index contributed by atoms with van der Waals surface area (Å²) in [6.07, 6.45) is 0. The minimum Gasteiger partial charge on any atom is -0.494 e. The zero-order chi connectivity index (χ0) is 15.9. The van der Waals surface area contributed by atoms with E-state index in [1.54, 1.807) is 6.07 Å². The smallest absolute Gasteiger partial charge is 0.171 e. The minimum absolute atomic E-state index is 0.534. The van der Waals surface area contributed by atoms with Crippen molar-refractivity contribution >= 4 is 46.2 Å². The van der Waals surface area contributed by atoms with Gasteiger partial charge in [0.2, 0.25) is 0 Å². The van der Waals surface area contributed by atoms with Crippen molar-refractivity contribution in [2.45, 2.75) is 13.5 Å². The maximum Gasteiger partial charge on any atom is 0.171 e. The Balaban J connectivity index is 1.85. The van der Waals surface area contributed by atoms with Crippen molar-refractivity contribution < 1.29 is 4.74 Å². The molecule has 2 N–H and O–H groups in total. The molecule has 0 aliphatic carbocycles. The average Bonchev–Trinajstić information content (AvgIpc) is 2.51. The van der Waals surface area contributed by atoms with Crippen LogP contribution in [0.25, 0.3) is 0 Å². The van der Waals surface area contributed by atoms with Crippen molar-refractivity contribution in [3.8, 4) is 5.75 Å². The van der Waals surface area contributed by atoms with Crippen LogP contribution in [0.3, 0.4) is 0 Å². The molecule has 3 nitrogen and oxygen atoms in total. The summed E-state index contributed by atoms with van der Waals surface area (Å²) in [7, 11) is 0. The van der Waals surface area contributed by atoms with Crippen LogP contribution in [0.5, 0.6) is 5.75 Å². The first kappa shape index (κ1) is 16.9. The van der Waals surface area contributed by atoms with E-state index in [4.69, 9.17) is 40.2 Å². The minimum atomic E-state index is 0.534. The fourth-order valence-corrected chi connectivity index (χ4v) is 2.32. The second kappa shape index (κ2) is 8.22. The van der Waals surface area contributed by atoms with Gasteiger partial charge >= 0.3 is 0 Å². The van der Waals surface area contributed by atoms with Gasteiger partial charge in [0.25, 0.3) is 0 Å². The molecule has 0 unspecified atom stereocenters. The van der Waals surface area contributed by atoms with Gasteiger partial charge < -0.3 is 15.4 Å². The Morgan fingerprint density at radius 1 is 1.09 bits per heavy atom. The first-order valence-electron chi connectivity index (χ1n) is 6.80. The molecule has 0 bridgehead atoms. The molecular weight excluding hydrogens is 339 g/mol. The van der Waals surface area contributed by atoms with E-state index in [1.165, 1.54) is 0 Å². The highest BCUT2D eigenvalue weighted by Gasteiger charge is 2.02. The van der Waals surface area contributed by atoms with Crippen LogP contribution in [0, 0.1) is 0 Å². The molecule has 2 aromatic rings. The normalized spacial score (nSPS) is 10.1. The highest BCUT2D eigenvalue weighted by atomic mass is 35.5. The molecule has 116 valence electrons. The number of benzene rings is 2. The maximum absolute atomic E-state index is 5.98. The molecule has 0 radical (unpaired) electrons. The molecule has 0 aliphatic heterocycles. The summed E-state index contributed by atoms with van der Waals surface area (Å²) >= 11 is 17.1. The third kappa shape index (κ3) is 5.05. The zero-order valence-electron chi connectivity index (χ0n) is 12.0. The van der Waals surface area contributed by atoms with E-state index in [9.17, 15) is 0 Å². The number of nitrogens with one attached hydrogen (secondary N) is 2. The number of thiocarbonyl (C=S) groups is 1. The predicted molar refractivity (Wildman–Crippen MR) is 97.1 cm³/mol. The number of halogens is 2. The molecular formula is C16H16Cl2N2OS. The van der Waals surface area contributed by atoms with Gasteiger partial charge in [0.15, 0.2) is 5.11 Å². The van der Waals surface area contributed by atoms with E-state index >= 15 is 0 Å². The first-order valence-corrected chi connectivity index (χ1v) is 7.96. The molecule has 0 heterocycles. The number of hydrogen-bond donors (Lipinski definition) is 2. The van der Waals surface area contributed by atoms with Crippen LogP contribution in [0.1, 0.15) is 12.5 Å². The molecule has 0 spiro atoms. The van der Waals surface area contributed by atoms with E-state index in [2.05, 4.69) is 10.6 Å². The summed E-state index contributed by atoms with van der Waals surface area (Å²) in [6, 6.07) is 13.1. The molecule has 0 aromatic heterocycles. The fraction of sp³-hybridized carbons (Fsp3) is 0.188. The van der Waals surface area contributed by atoms with Crippen LogP contribution in [0.4, 0.5) is 5.69 Å².